The fourth-order valence-electron chi connectivity index (χ4n) is 1.53. The number of benzene rings is 1. The van der Waals surface area contributed by atoms with Gasteiger partial charge in [-0.15, -0.1) is 0 Å². The third-order valence-corrected chi connectivity index (χ3v) is 3.06. The Morgan fingerprint density at radius 2 is 2.05 bits per heavy atom. The zero-order chi connectivity index (χ0) is 14.6. The predicted molar refractivity (Wildman–Crippen MR) is 71.0 cm³/mol. The summed E-state index contributed by atoms with van der Waals surface area (Å²) in [4.78, 5) is 22.8. The molecule has 104 valence electrons. The summed E-state index contributed by atoms with van der Waals surface area (Å²) in [6.07, 6.45) is 0.768. The van der Waals surface area contributed by atoms with E-state index in [1.165, 1.54) is 12.1 Å². The van der Waals surface area contributed by atoms with Crippen LogP contribution >= 0.6 is 0 Å². The Balaban J connectivity index is 2.86. The predicted octanol–water partition coefficient (Wildman–Crippen LogP) is 1.24. The first kappa shape index (κ1) is 15.1. The van der Waals surface area contributed by atoms with Gasteiger partial charge in [-0.1, -0.05) is 20.3 Å². The van der Waals surface area contributed by atoms with Gasteiger partial charge in [0.1, 0.15) is 5.82 Å². The monoisotopic (exact) mass is 267 g/mol. The molecule has 2 unspecified atom stereocenters. The van der Waals surface area contributed by atoms with Gasteiger partial charge in [0.15, 0.2) is 0 Å². The normalized spacial score (nSPS) is 13.7. The maximum Gasteiger partial charge on any atom is 0.251 e. The van der Waals surface area contributed by atoms with Crippen LogP contribution < -0.4 is 16.8 Å². The van der Waals surface area contributed by atoms with Crippen molar-refractivity contribution in [3.63, 3.8) is 0 Å². The van der Waals surface area contributed by atoms with Crippen molar-refractivity contribution >= 4 is 17.5 Å². The summed E-state index contributed by atoms with van der Waals surface area (Å²) in [6, 6.07) is 2.96. The molecule has 6 heteroatoms. The topological polar surface area (TPSA) is 98.2 Å². The molecule has 0 aliphatic heterocycles. The smallest absolute Gasteiger partial charge is 0.251 e. The Hall–Kier alpha value is -1.95. The highest BCUT2D eigenvalue weighted by Gasteiger charge is 2.20. The van der Waals surface area contributed by atoms with E-state index in [9.17, 15) is 14.0 Å². The van der Waals surface area contributed by atoms with E-state index in [0.717, 1.165) is 12.5 Å². The van der Waals surface area contributed by atoms with Gasteiger partial charge in [-0.25, -0.2) is 4.39 Å². The lowest BCUT2D eigenvalue weighted by molar-refractivity contribution is -0.118. The summed E-state index contributed by atoms with van der Waals surface area (Å²) in [6.45, 7) is 3.80. The van der Waals surface area contributed by atoms with Gasteiger partial charge in [-0.05, 0) is 24.1 Å². The molecule has 1 aromatic rings. The van der Waals surface area contributed by atoms with E-state index in [2.05, 4.69) is 5.32 Å². The van der Waals surface area contributed by atoms with Gasteiger partial charge in [0, 0.05) is 5.69 Å². The third-order valence-electron chi connectivity index (χ3n) is 3.06. The van der Waals surface area contributed by atoms with Gasteiger partial charge >= 0.3 is 0 Å². The highest BCUT2D eigenvalue weighted by Crippen LogP contribution is 2.15. The number of carbonyl (C=O) groups is 2. The van der Waals surface area contributed by atoms with E-state index in [1.54, 1.807) is 0 Å². The minimum atomic E-state index is -0.889. The summed E-state index contributed by atoms with van der Waals surface area (Å²) >= 11 is 0. The summed E-state index contributed by atoms with van der Waals surface area (Å²) in [5.41, 5.74) is 10.8. The van der Waals surface area contributed by atoms with Gasteiger partial charge in [-0.3, -0.25) is 9.59 Å². The number of anilines is 1. The molecule has 0 spiro atoms. The van der Waals surface area contributed by atoms with Crippen LogP contribution in [-0.4, -0.2) is 17.9 Å². The molecule has 0 radical (unpaired) electrons. The minimum absolute atomic E-state index is 0.0241. The molecular weight excluding hydrogens is 249 g/mol. The summed E-state index contributed by atoms with van der Waals surface area (Å²) in [5, 5.41) is 2.54. The molecule has 0 fully saturated rings. The maximum absolute atomic E-state index is 13.3. The van der Waals surface area contributed by atoms with E-state index in [0.29, 0.717) is 5.69 Å². The minimum Gasteiger partial charge on any atom is -0.366 e. The van der Waals surface area contributed by atoms with Crippen LogP contribution in [0.25, 0.3) is 0 Å². The molecule has 5 nitrogen and oxygen atoms in total. The van der Waals surface area contributed by atoms with Crippen LogP contribution in [0.3, 0.4) is 0 Å². The fourth-order valence-corrected chi connectivity index (χ4v) is 1.53. The number of rotatable bonds is 5. The Morgan fingerprint density at radius 1 is 1.42 bits per heavy atom. The van der Waals surface area contributed by atoms with Crippen molar-refractivity contribution in [2.75, 3.05) is 5.32 Å². The third kappa shape index (κ3) is 3.75. The number of primary amides is 1. The molecule has 0 aliphatic rings. The first-order valence-corrected chi connectivity index (χ1v) is 6.02. The van der Waals surface area contributed by atoms with Crippen molar-refractivity contribution < 1.29 is 14.0 Å². The van der Waals surface area contributed by atoms with Crippen molar-refractivity contribution in [2.45, 2.75) is 26.3 Å². The Bertz CT molecular complexity index is 491. The average Bonchev–Trinajstić information content (AvgIpc) is 2.38. The van der Waals surface area contributed by atoms with E-state index in [-0.39, 0.29) is 17.4 Å². The second kappa shape index (κ2) is 6.29. The zero-order valence-corrected chi connectivity index (χ0v) is 10.9. The van der Waals surface area contributed by atoms with Gasteiger partial charge in [0.05, 0.1) is 11.6 Å². The van der Waals surface area contributed by atoms with Crippen LogP contribution in [0, 0.1) is 11.7 Å². The second-order valence-electron chi connectivity index (χ2n) is 4.46. The molecule has 0 saturated carbocycles. The molecular formula is C13H18FN3O2. The maximum atomic E-state index is 13.3. The molecule has 2 amide bonds. The number of hydrogen-bond acceptors (Lipinski definition) is 3. The number of amides is 2. The van der Waals surface area contributed by atoms with Crippen molar-refractivity contribution in [3.8, 4) is 0 Å². The van der Waals surface area contributed by atoms with Gasteiger partial charge in [0.2, 0.25) is 5.91 Å². The number of hydrogen-bond donors (Lipinski definition) is 3. The van der Waals surface area contributed by atoms with E-state index >= 15 is 0 Å². The first-order valence-electron chi connectivity index (χ1n) is 6.02. The van der Waals surface area contributed by atoms with E-state index in [4.69, 9.17) is 11.5 Å². The molecule has 0 aliphatic carbocycles. The standard InChI is InChI=1S/C13H18FN3O2/c1-3-7(2)11(15)13(19)17-8-4-5-10(14)9(6-8)12(16)18/h4-7,11H,3,15H2,1-2H3,(H2,16,18)(H,17,19). The highest BCUT2D eigenvalue weighted by atomic mass is 19.1. The SMILES string of the molecule is CCC(C)C(N)C(=O)Nc1ccc(F)c(C(N)=O)c1. The molecule has 0 aromatic heterocycles. The zero-order valence-electron chi connectivity index (χ0n) is 10.9. The molecule has 19 heavy (non-hydrogen) atoms. The van der Waals surface area contributed by atoms with Crippen LogP contribution in [0.15, 0.2) is 18.2 Å². The van der Waals surface area contributed by atoms with Gasteiger partial charge in [-0.2, -0.15) is 0 Å². The van der Waals surface area contributed by atoms with Crippen molar-refractivity contribution in [3.05, 3.63) is 29.6 Å². The first-order chi connectivity index (χ1) is 8.86. The van der Waals surface area contributed by atoms with Crippen LogP contribution in [0.4, 0.5) is 10.1 Å². The van der Waals surface area contributed by atoms with Crippen LogP contribution in [-0.2, 0) is 4.79 Å². The van der Waals surface area contributed by atoms with Crippen molar-refractivity contribution in [1.82, 2.24) is 0 Å². The molecule has 5 N–H and O–H groups in total. The largest absolute Gasteiger partial charge is 0.366 e. The number of halogens is 1. The molecule has 2 atom stereocenters. The molecule has 1 rings (SSSR count). The van der Waals surface area contributed by atoms with Gasteiger partial charge < -0.3 is 16.8 Å². The second-order valence-corrected chi connectivity index (χ2v) is 4.46. The van der Waals surface area contributed by atoms with Crippen LogP contribution in [0.2, 0.25) is 0 Å². The van der Waals surface area contributed by atoms with E-state index in [1.807, 2.05) is 13.8 Å². The van der Waals surface area contributed by atoms with Crippen LogP contribution in [0.1, 0.15) is 30.6 Å². The molecule has 0 heterocycles. The summed E-state index contributed by atoms with van der Waals surface area (Å²) in [5.74, 6) is -1.97. The quantitative estimate of drug-likeness (QED) is 0.748. The summed E-state index contributed by atoms with van der Waals surface area (Å²) < 4.78 is 13.3. The Labute approximate surface area is 111 Å². The lowest BCUT2D eigenvalue weighted by atomic mass is 9.99. The fraction of sp³-hybridized carbons (Fsp3) is 0.385. The molecule has 0 saturated heterocycles. The number of carbonyl (C=O) groups excluding carboxylic acids is 2. The number of nitrogens with one attached hydrogen (secondary N) is 1. The Morgan fingerprint density at radius 3 is 2.58 bits per heavy atom. The molecule has 0 bridgehead atoms. The average molecular weight is 267 g/mol. The highest BCUT2D eigenvalue weighted by molar-refractivity contribution is 5.98. The lowest BCUT2D eigenvalue weighted by Gasteiger charge is -2.17. The van der Waals surface area contributed by atoms with Crippen LogP contribution in [0.5, 0.6) is 0 Å². The van der Waals surface area contributed by atoms with Gasteiger partial charge in [0.25, 0.3) is 5.91 Å². The lowest BCUT2D eigenvalue weighted by Crippen LogP contribution is -2.40. The van der Waals surface area contributed by atoms with Crippen molar-refractivity contribution in [2.24, 2.45) is 17.4 Å². The van der Waals surface area contributed by atoms with E-state index < -0.39 is 17.8 Å². The Kier molecular flexibility index (Phi) is 5.00. The summed E-state index contributed by atoms with van der Waals surface area (Å²) in [7, 11) is 0. The number of nitrogens with two attached hydrogens (primary N) is 2. The van der Waals surface area contributed by atoms with Crippen molar-refractivity contribution in [1.29, 1.82) is 0 Å². The molecule has 1 aromatic carbocycles.